The number of hydrogen-bond donors (Lipinski definition) is 0. The van der Waals surface area contributed by atoms with Crippen molar-refractivity contribution in [3.63, 3.8) is 0 Å². The maximum absolute atomic E-state index is 6.67. The molecule has 0 N–H and O–H groups in total. The van der Waals surface area contributed by atoms with Crippen LogP contribution in [0.1, 0.15) is 28.4 Å². The van der Waals surface area contributed by atoms with Crippen molar-refractivity contribution in [2.75, 3.05) is 0 Å². The van der Waals surface area contributed by atoms with Gasteiger partial charge in [0.25, 0.3) is 0 Å². The van der Waals surface area contributed by atoms with Crippen LogP contribution in [0.15, 0.2) is 97.1 Å². The Kier molecular flexibility index (Phi) is 4.42. The van der Waals surface area contributed by atoms with Crippen molar-refractivity contribution in [3.8, 4) is 5.75 Å². The fraction of sp³-hybridized carbons (Fsp3) is 0.111. The average molecular weight is 362 g/mol. The molecule has 0 radical (unpaired) electrons. The lowest BCUT2D eigenvalue weighted by Crippen LogP contribution is -2.12. The van der Waals surface area contributed by atoms with Crippen LogP contribution in [0.4, 0.5) is 0 Å². The number of ether oxygens (including phenoxy) is 1. The van der Waals surface area contributed by atoms with Gasteiger partial charge in [0.1, 0.15) is 11.9 Å². The lowest BCUT2D eigenvalue weighted by atomic mass is 9.92. The first-order valence-corrected chi connectivity index (χ1v) is 9.85. The van der Waals surface area contributed by atoms with E-state index in [0.717, 1.165) is 18.6 Å². The number of allylic oxidation sites excluding steroid dienone is 1. The Morgan fingerprint density at radius 2 is 1.54 bits per heavy atom. The zero-order valence-electron chi connectivity index (χ0n) is 15.7. The lowest BCUT2D eigenvalue weighted by molar-refractivity contribution is 0.206. The number of benzene rings is 4. The SMILES string of the molecule is C1=Cc2c(OC(Cc3ccccc3)c3ccccc3)ccc3cccc(c23)C1. The fourth-order valence-corrected chi connectivity index (χ4v) is 4.08. The van der Waals surface area contributed by atoms with E-state index >= 15 is 0 Å². The standard InChI is InChI=1S/C27H22O/c1-3-9-20(10-4-1)19-26(21-11-5-2-6-12-21)28-25-18-17-23-14-7-13-22-15-8-16-24(25)27(22)23/h1-14,16-18,26H,15,19H2. The molecule has 0 aliphatic heterocycles. The quantitative estimate of drug-likeness (QED) is 0.380. The maximum atomic E-state index is 6.67. The third-order valence-corrected chi connectivity index (χ3v) is 5.46. The summed E-state index contributed by atoms with van der Waals surface area (Å²) in [5, 5.41) is 2.61. The largest absolute Gasteiger partial charge is 0.485 e. The first kappa shape index (κ1) is 16.8. The van der Waals surface area contributed by atoms with E-state index < -0.39 is 0 Å². The maximum Gasteiger partial charge on any atom is 0.128 e. The minimum absolute atomic E-state index is 0.0280. The Hall–Kier alpha value is -3.32. The van der Waals surface area contributed by atoms with Crippen molar-refractivity contribution in [1.29, 1.82) is 0 Å². The Balaban J connectivity index is 1.56. The molecule has 4 aromatic carbocycles. The molecule has 1 nitrogen and oxygen atoms in total. The molecule has 0 amide bonds. The van der Waals surface area contributed by atoms with Gasteiger partial charge in [-0.2, -0.15) is 0 Å². The monoisotopic (exact) mass is 362 g/mol. The molecular weight excluding hydrogens is 340 g/mol. The Morgan fingerprint density at radius 1 is 0.750 bits per heavy atom. The van der Waals surface area contributed by atoms with Crippen LogP contribution in [0.5, 0.6) is 5.75 Å². The van der Waals surface area contributed by atoms with Crippen molar-refractivity contribution in [2.45, 2.75) is 18.9 Å². The second kappa shape index (κ2) is 7.36. The summed E-state index contributed by atoms with van der Waals surface area (Å²) >= 11 is 0. The molecule has 4 aromatic rings. The summed E-state index contributed by atoms with van der Waals surface area (Å²) in [5.74, 6) is 0.959. The smallest absolute Gasteiger partial charge is 0.128 e. The minimum atomic E-state index is -0.0280. The molecule has 1 aliphatic rings. The molecule has 1 atom stereocenters. The van der Waals surface area contributed by atoms with Gasteiger partial charge in [0, 0.05) is 12.0 Å². The van der Waals surface area contributed by atoms with Gasteiger partial charge < -0.3 is 4.74 Å². The van der Waals surface area contributed by atoms with E-state index in [2.05, 4.69) is 103 Å². The zero-order chi connectivity index (χ0) is 18.8. The number of hydrogen-bond acceptors (Lipinski definition) is 1. The normalized spacial score (nSPS) is 13.4. The van der Waals surface area contributed by atoms with Gasteiger partial charge in [0.15, 0.2) is 0 Å². The first-order chi connectivity index (χ1) is 13.9. The van der Waals surface area contributed by atoms with Crippen LogP contribution in [-0.2, 0) is 12.8 Å². The van der Waals surface area contributed by atoms with Crippen LogP contribution >= 0.6 is 0 Å². The van der Waals surface area contributed by atoms with Crippen molar-refractivity contribution >= 4 is 16.8 Å². The average Bonchev–Trinajstić information content (AvgIpc) is 2.77. The third kappa shape index (κ3) is 3.20. The zero-order valence-corrected chi connectivity index (χ0v) is 15.7. The van der Waals surface area contributed by atoms with Gasteiger partial charge >= 0.3 is 0 Å². The van der Waals surface area contributed by atoms with Crippen molar-refractivity contribution < 1.29 is 4.74 Å². The van der Waals surface area contributed by atoms with E-state index in [1.165, 1.54) is 33.0 Å². The van der Waals surface area contributed by atoms with E-state index in [1.807, 2.05) is 0 Å². The molecular formula is C27H22O. The van der Waals surface area contributed by atoms with Crippen LogP contribution in [0.2, 0.25) is 0 Å². The predicted octanol–water partition coefficient (Wildman–Crippen LogP) is 6.77. The van der Waals surface area contributed by atoms with Crippen LogP contribution in [0.25, 0.3) is 16.8 Å². The summed E-state index contributed by atoms with van der Waals surface area (Å²) in [6.45, 7) is 0. The molecule has 0 spiro atoms. The summed E-state index contributed by atoms with van der Waals surface area (Å²) in [5.41, 5.74) is 5.06. The summed E-state index contributed by atoms with van der Waals surface area (Å²) in [6.07, 6.45) is 6.25. The van der Waals surface area contributed by atoms with Gasteiger partial charge in [-0.3, -0.25) is 0 Å². The molecule has 1 aliphatic carbocycles. The van der Waals surface area contributed by atoms with Gasteiger partial charge in [-0.05, 0) is 39.9 Å². The van der Waals surface area contributed by atoms with Crippen molar-refractivity contribution in [3.05, 3.63) is 119 Å². The molecule has 0 heterocycles. The Labute approximate surface area is 165 Å². The van der Waals surface area contributed by atoms with Crippen molar-refractivity contribution in [2.24, 2.45) is 0 Å². The number of rotatable bonds is 5. The second-order valence-electron chi connectivity index (χ2n) is 7.31. The summed E-state index contributed by atoms with van der Waals surface area (Å²) in [6, 6.07) is 32.0. The molecule has 0 aromatic heterocycles. The lowest BCUT2D eigenvalue weighted by Gasteiger charge is -2.23. The topological polar surface area (TPSA) is 9.23 Å². The molecule has 28 heavy (non-hydrogen) atoms. The molecule has 0 fully saturated rings. The van der Waals surface area contributed by atoms with E-state index in [9.17, 15) is 0 Å². The van der Waals surface area contributed by atoms with E-state index in [0.29, 0.717) is 0 Å². The second-order valence-corrected chi connectivity index (χ2v) is 7.31. The van der Waals surface area contributed by atoms with Gasteiger partial charge in [-0.15, -0.1) is 0 Å². The van der Waals surface area contributed by atoms with Crippen LogP contribution in [0, 0.1) is 0 Å². The molecule has 1 unspecified atom stereocenters. The van der Waals surface area contributed by atoms with Gasteiger partial charge in [-0.1, -0.05) is 97.1 Å². The summed E-state index contributed by atoms with van der Waals surface area (Å²) in [4.78, 5) is 0. The Morgan fingerprint density at radius 3 is 2.36 bits per heavy atom. The van der Waals surface area contributed by atoms with Crippen molar-refractivity contribution in [1.82, 2.24) is 0 Å². The minimum Gasteiger partial charge on any atom is -0.485 e. The molecule has 5 rings (SSSR count). The van der Waals surface area contributed by atoms with E-state index in [-0.39, 0.29) is 6.10 Å². The van der Waals surface area contributed by atoms with E-state index in [4.69, 9.17) is 4.74 Å². The highest BCUT2D eigenvalue weighted by Crippen LogP contribution is 2.37. The highest BCUT2D eigenvalue weighted by Gasteiger charge is 2.18. The molecule has 0 saturated heterocycles. The van der Waals surface area contributed by atoms with Gasteiger partial charge in [0.05, 0.1) is 0 Å². The van der Waals surface area contributed by atoms with E-state index in [1.54, 1.807) is 0 Å². The molecule has 0 bridgehead atoms. The predicted molar refractivity (Wildman–Crippen MR) is 117 cm³/mol. The van der Waals surface area contributed by atoms with Crippen LogP contribution in [0.3, 0.4) is 0 Å². The summed E-state index contributed by atoms with van der Waals surface area (Å²) in [7, 11) is 0. The molecule has 1 heteroatoms. The highest BCUT2D eigenvalue weighted by molar-refractivity contribution is 5.97. The summed E-state index contributed by atoms with van der Waals surface area (Å²) < 4.78 is 6.67. The molecule has 0 saturated carbocycles. The first-order valence-electron chi connectivity index (χ1n) is 9.85. The molecule has 136 valence electrons. The highest BCUT2D eigenvalue weighted by atomic mass is 16.5. The van der Waals surface area contributed by atoms with Gasteiger partial charge in [-0.25, -0.2) is 0 Å². The fourth-order valence-electron chi connectivity index (χ4n) is 4.08. The van der Waals surface area contributed by atoms with Gasteiger partial charge in [0.2, 0.25) is 0 Å². The third-order valence-electron chi connectivity index (χ3n) is 5.46. The Bertz CT molecular complexity index is 1130. The van der Waals surface area contributed by atoms with Crippen LogP contribution < -0.4 is 4.74 Å². The van der Waals surface area contributed by atoms with Crippen LogP contribution in [-0.4, -0.2) is 0 Å².